The molecule has 0 spiro atoms. The molecule has 26 heavy (non-hydrogen) atoms. The first-order valence-corrected chi connectivity index (χ1v) is 8.57. The van der Waals surface area contributed by atoms with E-state index < -0.39 is 6.04 Å². The van der Waals surface area contributed by atoms with E-state index in [1.165, 1.54) is 0 Å². The lowest BCUT2D eigenvalue weighted by Gasteiger charge is -2.23. The summed E-state index contributed by atoms with van der Waals surface area (Å²) >= 11 is 0. The Kier molecular flexibility index (Phi) is 3.76. The van der Waals surface area contributed by atoms with Crippen LogP contribution in [0.5, 0.6) is 0 Å². The summed E-state index contributed by atoms with van der Waals surface area (Å²) in [6.45, 7) is 8.02. The van der Waals surface area contributed by atoms with Gasteiger partial charge < -0.3 is 9.32 Å². The Morgan fingerprint density at radius 2 is 1.77 bits per heavy atom. The number of carbonyl (C=O) groups excluding carboxylic acids is 1. The van der Waals surface area contributed by atoms with Gasteiger partial charge in [0.05, 0.1) is 17.0 Å². The fourth-order valence-corrected chi connectivity index (χ4v) is 3.55. The minimum absolute atomic E-state index is 0.139. The first-order valence-electron chi connectivity index (χ1n) is 8.57. The van der Waals surface area contributed by atoms with E-state index in [0.717, 1.165) is 16.7 Å². The Bertz CT molecular complexity index is 1090. The van der Waals surface area contributed by atoms with Gasteiger partial charge in [0.2, 0.25) is 5.76 Å². The summed E-state index contributed by atoms with van der Waals surface area (Å²) in [5.74, 6) is -0.133. The molecule has 4 rings (SSSR count). The summed E-state index contributed by atoms with van der Waals surface area (Å²) in [4.78, 5) is 27.8. The number of aryl methyl sites for hydroxylation is 2. The summed E-state index contributed by atoms with van der Waals surface area (Å²) in [5, 5.41) is 0.500. The first kappa shape index (κ1) is 16.3. The Balaban J connectivity index is 2.02. The summed E-state index contributed by atoms with van der Waals surface area (Å²) in [5.41, 5.74) is 3.70. The highest BCUT2D eigenvalue weighted by Crippen LogP contribution is 2.38. The molecule has 2 aromatic carbocycles. The smallest absolute Gasteiger partial charge is 0.291 e. The second-order valence-corrected chi connectivity index (χ2v) is 6.73. The Morgan fingerprint density at radius 1 is 1.08 bits per heavy atom. The summed E-state index contributed by atoms with van der Waals surface area (Å²) < 4.78 is 5.90. The van der Waals surface area contributed by atoms with E-state index in [1.54, 1.807) is 23.1 Å². The van der Waals surface area contributed by atoms with Gasteiger partial charge in [0.15, 0.2) is 5.43 Å². The third-order valence-electron chi connectivity index (χ3n) is 4.84. The number of nitrogens with zero attached hydrogens (tertiary/aromatic N) is 1. The van der Waals surface area contributed by atoms with E-state index in [9.17, 15) is 9.59 Å². The van der Waals surface area contributed by atoms with Crippen molar-refractivity contribution in [2.45, 2.75) is 19.9 Å². The maximum atomic E-state index is 13.2. The number of benzene rings is 2. The molecule has 2 heterocycles. The van der Waals surface area contributed by atoms with Gasteiger partial charge in [0, 0.05) is 6.54 Å². The van der Waals surface area contributed by atoms with Crippen LogP contribution in [0, 0.1) is 13.8 Å². The molecule has 1 aliphatic heterocycles. The molecule has 1 aliphatic rings. The minimum atomic E-state index is -0.460. The van der Waals surface area contributed by atoms with Gasteiger partial charge in [-0.05, 0) is 37.1 Å². The molecular formula is C22H19NO3. The predicted octanol–water partition coefficient (Wildman–Crippen LogP) is 4.14. The normalized spacial score (nSPS) is 16.2. The van der Waals surface area contributed by atoms with Gasteiger partial charge in [-0.2, -0.15) is 0 Å². The van der Waals surface area contributed by atoms with Crippen LogP contribution in [0.3, 0.4) is 0 Å². The van der Waals surface area contributed by atoms with Gasteiger partial charge in [-0.3, -0.25) is 9.59 Å². The van der Waals surface area contributed by atoms with Crippen molar-refractivity contribution in [2.75, 3.05) is 6.54 Å². The second-order valence-electron chi connectivity index (χ2n) is 6.73. The van der Waals surface area contributed by atoms with Crippen molar-refractivity contribution in [3.05, 3.63) is 93.4 Å². The van der Waals surface area contributed by atoms with Crippen LogP contribution in [0.1, 0.15) is 38.9 Å². The van der Waals surface area contributed by atoms with Crippen molar-refractivity contribution in [2.24, 2.45) is 0 Å². The fraction of sp³-hybridized carbons (Fsp3) is 0.182. The van der Waals surface area contributed by atoms with E-state index in [-0.39, 0.29) is 17.1 Å². The summed E-state index contributed by atoms with van der Waals surface area (Å²) in [7, 11) is 0. The molecule has 0 bridgehead atoms. The number of hydrogen-bond donors (Lipinski definition) is 0. The fourth-order valence-electron chi connectivity index (χ4n) is 3.55. The summed E-state index contributed by atoms with van der Waals surface area (Å²) in [6, 6.07) is 12.9. The highest BCUT2D eigenvalue weighted by Gasteiger charge is 2.42. The van der Waals surface area contributed by atoms with Crippen LogP contribution in [0.15, 0.2) is 64.3 Å². The third-order valence-corrected chi connectivity index (χ3v) is 4.84. The molecule has 4 heteroatoms. The van der Waals surface area contributed by atoms with Crippen molar-refractivity contribution in [1.82, 2.24) is 4.90 Å². The highest BCUT2D eigenvalue weighted by atomic mass is 16.3. The van der Waals surface area contributed by atoms with Crippen molar-refractivity contribution in [3.63, 3.8) is 0 Å². The number of hydrogen-bond acceptors (Lipinski definition) is 3. The van der Waals surface area contributed by atoms with Gasteiger partial charge in [-0.25, -0.2) is 0 Å². The van der Waals surface area contributed by atoms with E-state index in [1.807, 2.05) is 44.2 Å². The van der Waals surface area contributed by atoms with E-state index in [0.29, 0.717) is 23.1 Å². The molecule has 0 saturated heterocycles. The van der Waals surface area contributed by atoms with E-state index in [2.05, 4.69) is 6.58 Å². The predicted molar refractivity (Wildman–Crippen MR) is 101 cm³/mol. The standard InChI is InChI=1S/C22H19NO3/c1-4-11-23-19(15-8-5-13(2)6-9-15)18-20(24)16-10-7-14(3)12-17(16)26-21(18)22(23)25/h4-10,12,19H,1,11H2,2-3H3. The monoisotopic (exact) mass is 345 g/mol. The maximum Gasteiger partial charge on any atom is 0.291 e. The van der Waals surface area contributed by atoms with Crippen LogP contribution in [0.25, 0.3) is 11.0 Å². The van der Waals surface area contributed by atoms with E-state index in [4.69, 9.17) is 4.42 Å². The van der Waals surface area contributed by atoms with Gasteiger partial charge in [-0.15, -0.1) is 6.58 Å². The Morgan fingerprint density at radius 3 is 2.46 bits per heavy atom. The zero-order valence-electron chi connectivity index (χ0n) is 14.8. The molecule has 1 aromatic heterocycles. The number of fused-ring (bicyclic) bond motifs is 2. The van der Waals surface area contributed by atoms with E-state index >= 15 is 0 Å². The highest BCUT2D eigenvalue weighted by molar-refractivity contribution is 5.99. The molecule has 1 atom stereocenters. The zero-order valence-corrected chi connectivity index (χ0v) is 14.8. The maximum absolute atomic E-state index is 13.2. The van der Waals surface area contributed by atoms with Crippen LogP contribution in [-0.2, 0) is 0 Å². The lowest BCUT2D eigenvalue weighted by atomic mass is 9.97. The molecular weight excluding hydrogens is 326 g/mol. The zero-order chi connectivity index (χ0) is 18.4. The van der Waals surface area contributed by atoms with Gasteiger partial charge >= 0.3 is 0 Å². The van der Waals surface area contributed by atoms with Crippen LogP contribution in [0.2, 0.25) is 0 Å². The topological polar surface area (TPSA) is 50.5 Å². The van der Waals surface area contributed by atoms with Crippen LogP contribution >= 0.6 is 0 Å². The first-order chi connectivity index (χ1) is 12.5. The average molecular weight is 345 g/mol. The molecule has 130 valence electrons. The second kappa shape index (κ2) is 5.99. The molecule has 0 aliphatic carbocycles. The van der Waals surface area contributed by atoms with Crippen LogP contribution in [-0.4, -0.2) is 17.4 Å². The number of rotatable bonds is 3. The molecule has 0 fully saturated rings. The lowest BCUT2D eigenvalue weighted by molar-refractivity contribution is 0.0748. The lowest BCUT2D eigenvalue weighted by Crippen LogP contribution is -2.29. The van der Waals surface area contributed by atoms with Crippen molar-refractivity contribution in [1.29, 1.82) is 0 Å². The Labute approximate surface area is 151 Å². The molecule has 0 saturated carbocycles. The third kappa shape index (κ3) is 2.37. The average Bonchev–Trinajstić information content (AvgIpc) is 2.89. The molecule has 3 aromatic rings. The SMILES string of the molecule is C=CCN1C(=O)c2oc3cc(C)ccc3c(=O)c2C1c1ccc(C)cc1. The molecule has 4 nitrogen and oxygen atoms in total. The molecule has 1 unspecified atom stereocenters. The van der Waals surface area contributed by atoms with Crippen molar-refractivity contribution < 1.29 is 9.21 Å². The van der Waals surface area contributed by atoms with Gasteiger partial charge in [-0.1, -0.05) is 42.0 Å². The summed E-state index contributed by atoms with van der Waals surface area (Å²) in [6.07, 6.45) is 1.67. The quantitative estimate of drug-likeness (QED) is 0.670. The van der Waals surface area contributed by atoms with Gasteiger partial charge in [0.25, 0.3) is 5.91 Å². The number of amides is 1. The van der Waals surface area contributed by atoms with Crippen LogP contribution < -0.4 is 5.43 Å². The Hall–Kier alpha value is -3.14. The molecule has 0 radical (unpaired) electrons. The van der Waals surface area contributed by atoms with Crippen LogP contribution in [0.4, 0.5) is 0 Å². The van der Waals surface area contributed by atoms with Crippen molar-refractivity contribution >= 4 is 16.9 Å². The minimum Gasteiger partial charge on any atom is -0.450 e. The van der Waals surface area contributed by atoms with Gasteiger partial charge in [0.1, 0.15) is 5.58 Å². The number of carbonyl (C=O) groups is 1. The molecule has 1 amide bonds. The largest absolute Gasteiger partial charge is 0.450 e. The van der Waals surface area contributed by atoms with Crippen molar-refractivity contribution in [3.8, 4) is 0 Å². The molecule has 0 N–H and O–H groups in total.